The number of aryl methyl sites for hydroxylation is 2. The highest BCUT2D eigenvalue weighted by Crippen LogP contribution is 2.29. The van der Waals surface area contributed by atoms with E-state index in [1.807, 2.05) is 37.3 Å². The second-order valence-electron chi connectivity index (χ2n) is 10.4. The number of rotatable bonds is 15. The van der Waals surface area contributed by atoms with Gasteiger partial charge in [-0.1, -0.05) is 56.3 Å². The van der Waals surface area contributed by atoms with E-state index in [-0.39, 0.29) is 12.0 Å². The first kappa shape index (κ1) is 33.0. The van der Waals surface area contributed by atoms with Crippen LogP contribution in [0, 0.1) is 0 Å². The smallest absolute Gasteiger partial charge is 0.416 e. The molecule has 1 heterocycles. The number of nitrogens with one attached hydrogen (secondary N) is 1. The van der Waals surface area contributed by atoms with Crippen LogP contribution < -0.4 is 10.1 Å². The van der Waals surface area contributed by atoms with E-state index in [1.54, 1.807) is 31.2 Å². The van der Waals surface area contributed by atoms with Crippen molar-refractivity contribution in [1.29, 1.82) is 0 Å². The number of carboxylic acids is 1. The number of hydrogen-bond acceptors (Lipinski definition) is 6. The summed E-state index contributed by atoms with van der Waals surface area (Å²) in [6.07, 6.45) is -0.634. The molecule has 0 aliphatic carbocycles. The number of carbonyl (C=O) groups is 2. The number of ether oxygens (including phenoxy) is 1. The van der Waals surface area contributed by atoms with Crippen molar-refractivity contribution >= 4 is 11.8 Å². The van der Waals surface area contributed by atoms with Gasteiger partial charge in [-0.15, -0.1) is 0 Å². The van der Waals surface area contributed by atoms with Gasteiger partial charge in [-0.2, -0.15) is 13.2 Å². The van der Waals surface area contributed by atoms with E-state index < -0.39 is 29.5 Å². The number of aliphatic carboxylic acids is 1. The van der Waals surface area contributed by atoms with Gasteiger partial charge >= 0.3 is 12.1 Å². The van der Waals surface area contributed by atoms with Crippen LogP contribution in [0.4, 0.5) is 13.2 Å². The average Bonchev–Trinajstić information content (AvgIpc) is 3.46. The minimum Gasteiger partial charge on any atom is -0.494 e. The van der Waals surface area contributed by atoms with Crippen molar-refractivity contribution in [1.82, 2.24) is 10.3 Å². The standard InChI is InChI=1S/C35H35F3N2O5/c1-3-27(22-31(41)24-14-16-26(17-15-24)35(36,37)38)39-30(34(42)43)21-23-12-18-28(19-13-23)44-20-8-11-29-32(4-2)45-33(40-29)25-9-6-5-7-10-25/h5-7,9-10,12-19,22,30,39H,3-4,8,11,20-21H2,1-2H3,(H,42,43)/t30-/m0/s1. The maximum atomic E-state index is 12.8. The van der Waals surface area contributed by atoms with E-state index in [0.717, 1.165) is 59.7 Å². The van der Waals surface area contributed by atoms with Crippen molar-refractivity contribution in [3.8, 4) is 17.2 Å². The number of alkyl halides is 3. The van der Waals surface area contributed by atoms with E-state index in [9.17, 15) is 27.9 Å². The molecule has 4 aromatic rings. The zero-order chi connectivity index (χ0) is 32.4. The summed E-state index contributed by atoms with van der Waals surface area (Å²) >= 11 is 0. The van der Waals surface area contributed by atoms with Crippen molar-refractivity contribution in [2.24, 2.45) is 0 Å². The van der Waals surface area contributed by atoms with Gasteiger partial charge in [0.1, 0.15) is 17.6 Å². The minimum absolute atomic E-state index is 0.0713. The van der Waals surface area contributed by atoms with Crippen molar-refractivity contribution in [2.45, 2.75) is 58.2 Å². The van der Waals surface area contributed by atoms with Crippen LogP contribution >= 0.6 is 0 Å². The zero-order valence-electron chi connectivity index (χ0n) is 25.1. The summed E-state index contributed by atoms with van der Waals surface area (Å²) in [5, 5.41) is 12.7. The number of nitrogens with zero attached hydrogens (tertiary/aromatic N) is 1. The lowest BCUT2D eigenvalue weighted by Gasteiger charge is -2.18. The van der Waals surface area contributed by atoms with Gasteiger partial charge in [-0.05, 0) is 61.2 Å². The minimum atomic E-state index is -4.50. The van der Waals surface area contributed by atoms with Crippen molar-refractivity contribution in [2.75, 3.05) is 6.61 Å². The Morgan fingerprint density at radius 1 is 1.00 bits per heavy atom. The van der Waals surface area contributed by atoms with Gasteiger partial charge in [0.25, 0.3) is 0 Å². The first-order valence-corrected chi connectivity index (χ1v) is 14.7. The lowest BCUT2D eigenvalue weighted by molar-refractivity contribution is -0.139. The monoisotopic (exact) mass is 620 g/mol. The predicted molar refractivity (Wildman–Crippen MR) is 164 cm³/mol. The maximum Gasteiger partial charge on any atom is 0.416 e. The maximum absolute atomic E-state index is 12.8. The number of carbonyl (C=O) groups excluding carboxylic acids is 1. The number of ketones is 1. The first-order valence-electron chi connectivity index (χ1n) is 14.7. The van der Waals surface area contributed by atoms with Crippen LogP contribution in [0.2, 0.25) is 0 Å². The number of halogens is 3. The van der Waals surface area contributed by atoms with Crippen LogP contribution in [0.25, 0.3) is 11.5 Å². The third-order valence-electron chi connectivity index (χ3n) is 7.15. The molecule has 0 fully saturated rings. The average molecular weight is 621 g/mol. The van der Waals surface area contributed by atoms with E-state index in [1.165, 1.54) is 6.08 Å². The molecule has 0 aliphatic heterocycles. The highest BCUT2D eigenvalue weighted by atomic mass is 19.4. The Morgan fingerprint density at radius 2 is 1.69 bits per heavy atom. The van der Waals surface area contributed by atoms with Crippen molar-refractivity contribution < 1.29 is 37.0 Å². The van der Waals surface area contributed by atoms with Crippen molar-refractivity contribution in [3.63, 3.8) is 0 Å². The molecule has 0 saturated heterocycles. The summed E-state index contributed by atoms with van der Waals surface area (Å²) in [6.45, 7) is 4.24. The van der Waals surface area contributed by atoms with Gasteiger partial charge in [-0.3, -0.25) is 4.79 Å². The highest BCUT2D eigenvalue weighted by molar-refractivity contribution is 6.04. The molecule has 0 spiro atoms. The largest absolute Gasteiger partial charge is 0.494 e. The van der Waals surface area contributed by atoms with Crippen LogP contribution in [0.5, 0.6) is 5.75 Å². The molecule has 236 valence electrons. The lowest BCUT2D eigenvalue weighted by atomic mass is 10.0. The number of hydrogen-bond donors (Lipinski definition) is 2. The topological polar surface area (TPSA) is 102 Å². The van der Waals surface area contributed by atoms with Crippen LogP contribution in [0.3, 0.4) is 0 Å². The van der Waals surface area contributed by atoms with E-state index in [4.69, 9.17) is 9.15 Å². The molecule has 0 amide bonds. The Labute approximate surface area is 259 Å². The molecular weight excluding hydrogens is 585 g/mol. The molecular formula is C35H35F3N2O5. The highest BCUT2D eigenvalue weighted by Gasteiger charge is 2.30. The Hall–Kier alpha value is -4.86. The van der Waals surface area contributed by atoms with Gasteiger partial charge in [0.2, 0.25) is 5.89 Å². The fourth-order valence-corrected chi connectivity index (χ4v) is 4.68. The summed E-state index contributed by atoms with van der Waals surface area (Å²) in [7, 11) is 0. The van der Waals surface area contributed by atoms with E-state index >= 15 is 0 Å². The molecule has 45 heavy (non-hydrogen) atoms. The van der Waals surface area contributed by atoms with Gasteiger partial charge in [0.15, 0.2) is 5.78 Å². The summed E-state index contributed by atoms with van der Waals surface area (Å²) < 4.78 is 50.3. The molecule has 3 aromatic carbocycles. The van der Waals surface area contributed by atoms with Gasteiger partial charge in [0.05, 0.1) is 17.9 Å². The van der Waals surface area contributed by atoms with Crippen LogP contribution in [-0.4, -0.2) is 34.5 Å². The fraction of sp³-hybridized carbons (Fsp3) is 0.286. The molecule has 0 aliphatic rings. The summed E-state index contributed by atoms with van der Waals surface area (Å²) in [5.74, 6) is 0.497. The quantitative estimate of drug-likeness (QED) is 0.0798. The molecule has 2 N–H and O–H groups in total. The lowest BCUT2D eigenvalue weighted by Crippen LogP contribution is -2.38. The molecule has 0 bridgehead atoms. The van der Waals surface area contributed by atoms with Crippen LogP contribution in [0.1, 0.15) is 59.6 Å². The third-order valence-corrected chi connectivity index (χ3v) is 7.15. The molecule has 1 aromatic heterocycles. The van der Waals surface area contributed by atoms with Crippen LogP contribution in [-0.2, 0) is 30.2 Å². The predicted octanol–water partition coefficient (Wildman–Crippen LogP) is 7.70. The normalized spacial score (nSPS) is 12.5. The molecule has 0 saturated carbocycles. The Bertz CT molecular complexity index is 1600. The molecule has 0 unspecified atom stereocenters. The van der Waals surface area contributed by atoms with E-state index in [2.05, 4.69) is 10.3 Å². The summed E-state index contributed by atoms with van der Waals surface area (Å²) in [5.41, 5.74) is 2.18. The molecule has 0 radical (unpaired) electrons. The SMILES string of the molecule is CCC(=CC(=O)c1ccc(C(F)(F)F)cc1)N[C@@H](Cc1ccc(OCCCc2nc(-c3ccccc3)oc2CC)cc1)C(=O)O. The number of aromatic nitrogens is 1. The molecule has 1 atom stereocenters. The number of allylic oxidation sites excluding steroid dienone is 2. The zero-order valence-corrected chi connectivity index (χ0v) is 25.1. The number of carboxylic acid groups (broad SMARTS) is 1. The molecule has 7 nitrogen and oxygen atoms in total. The Morgan fingerprint density at radius 3 is 2.29 bits per heavy atom. The van der Waals surface area contributed by atoms with Crippen LogP contribution in [0.15, 0.2) is 95.1 Å². The van der Waals surface area contributed by atoms with Crippen molar-refractivity contribution in [3.05, 3.63) is 119 Å². The Kier molecular flexibility index (Phi) is 11.2. The summed E-state index contributed by atoms with van der Waals surface area (Å²) in [4.78, 5) is 29.3. The van der Waals surface area contributed by atoms with Gasteiger partial charge in [-0.25, -0.2) is 9.78 Å². The first-order chi connectivity index (χ1) is 21.6. The fourth-order valence-electron chi connectivity index (χ4n) is 4.68. The second kappa shape index (κ2) is 15.2. The third kappa shape index (κ3) is 9.31. The van der Waals surface area contributed by atoms with Gasteiger partial charge < -0.3 is 19.6 Å². The number of benzene rings is 3. The molecule has 4 rings (SSSR count). The van der Waals surface area contributed by atoms with E-state index in [0.29, 0.717) is 36.8 Å². The van der Waals surface area contributed by atoms with Gasteiger partial charge in [0, 0.05) is 35.7 Å². The molecule has 10 heteroatoms. The summed E-state index contributed by atoms with van der Waals surface area (Å²) in [6, 6.07) is 19.7. The second-order valence-corrected chi connectivity index (χ2v) is 10.4. The Balaban J connectivity index is 1.30. The number of oxazole rings is 1.